The summed E-state index contributed by atoms with van der Waals surface area (Å²) in [5.74, 6) is -0.162. The number of carbonyl (C=O) groups excluding carboxylic acids is 2. The van der Waals surface area contributed by atoms with Crippen molar-refractivity contribution in [2.75, 3.05) is 16.8 Å². The molecular formula is C33H27N3O2S. The van der Waals surface area contributed by atoms with E-state index in [9.17, 15) is 9.59 Å². The van der Waals surface area contributed by atoms with Crippen molar-refractivity contribution in [3.8, 4) is 22.4 Å². The Labute approximate surface area is 231 Å². The van der Waals surface area contributed by atoms with Gasteiger partial charge in [0.25, 0.3) is 11.8 Å². The largest absolute Gasteiger partial charge is 0.308 e. The third-order valence-corrected chi connectivity index (χ3v) is 7.92. The van der Waals surface area contributed by atoms with Crippen LogP contribution in [0.4, 0.5) is 10.8 Å². The maximum Gasteiger partial charge on any atom is 0.258 e. The number of amides is 2. The third-order valence-electron chi connectivity index (χ3n) is 7.03. The molecule has 1 aliphatic heterocycles. The van der Waals surface area contributed by atoms with E-state index >= 15 is 0 Å². The number of rotatable bonds is 5. The van der Waals surface area contributed by atoms with Crippen molar-refractivity contribution in [2.45, 2.75) is 20.3 Å². The Balaban J connectivity index is 1.23. The lowest BCUT2D eigenvalue weighted by molar-refractivity contribution is 0.0987. The van der Waals surface area contributed by atoms with Gasteiger partial charge in [-0.05, 0) is 67.3 Å². The number of aromatic nitrogens is 1. The van der Waals surface area contributed by atoms with Crippen LogP contribution in [0.15, 0.2) is 97.1 Å². The maximum absolute atomic E-state index is 13.3. The summed E-state index contributed by atoms with van der Waals surface area (Å²) in [6.07, 6.45) is 0.795. The number of nitrogens with zero attached hydrogens (tertiary/aromatic N) is 2. The number of hydrogen-bond donors (Lipinski definition) is 1. The zero-order valence-electron chi connectivity index (χ0n) is 21.8. The van der Waals surface area contributed by atoms with E-state index < -0.39 is 0 Å². The molecule has 2 heterocycles. The molecule has 6 rings (SSSR count). The Morgan fingerprint density at radius 1 is 0.846 bits per heavy atom. The summed E-state index contributed by atoms with van der Waals surface area (Å²) in [4.78, 5) is 34.1. The number of thiazole rings is 1. The van der Waals surface area contributed by atoms with Gasteiger partial charge in [-0.25, -0.2) is 4.98 Å². The molecule has 0 unspecified atom stereocenters. The second-order valence-corrected chi connectivity index (χ2v) is 10.9. The number of aryl methyl sites for hydroxylation is 2. The lowest BCUT2D eigenvalue weighted by Gasteiger charge is -2.18. The predicted octanol–water partition coefficient (Wildman–Crippen LogP) is 7.55. The summed E-state index contributed by atoms with van der Waals surface area (Å²) >= 11 is 1.46. The van der Waals surface area contributed by atoms with Gasteiger partial charge in [0.05, 0.1) is 5.69 Å². The first-order valence-corrected chi connectivity index (χ1v) is 13.7. The summed E-state index contributed by atoms with van der Waals surface area (Å²) in [6, 6.07) is 31.4. The number of nitrogens with one attached hydrogen (secondary N) is 1. The molecule has 0 fully saturated rings. The molecule has 1 aliphatic rings. The molecule has 0 aliphatic carbocycles. The predicted molar refractivity (Wildman–Crippen MR) is 159 cm³/mol. The third kappa shape index (κ3) is 4.87. The molecule has 192 valence electrons. The van der Waals surface area contributed by atoms with Crippen molar-refractivity contribution < 1.29 is 9.59 Å². The highest BCUT2D eigenvalue weighted by Crippen LogP contribution is 2.36. The smallest absolute Gasteiger partial charge is 0.258 e. The highest BCUT2D eigenvalue weighted by Gasteiger charge is 2.26. The fraction of sp³-hybridized carbons (Fsp3) is 0.121. The van der Waals surface area contributed by atoms with Crippen molar-refractivity contribution in [3.05, 3.63) is 124 Å². The second-order valence-electron chi connectivity index (χ2n) is 9.71. The molecule has 2 amide bonds. The van der Waals surface area contributed by atoms with E-state index in [4.69, 9.17) is 4.98 Å². The minimum atomic E-state index is -0.186. The fourth-order valence-electron chi connectivity index (χ4n) is 5.13. The molecule has 6 heteroatoms. The van der Waals surface area contributed by atoms with Crippen LogP contribution < -0.4 is 10.2 Å². The summed E-state index contributed by atoms with van der Waals surface area (Å²) in [5, 5.41) is 3.57. The fourth-order valence-corrected chi connectivity index (χ4v) is 5.96. The number of anilines is 2. The standard InChI is InChI=1S/C33H27N3O2S/c1-21-9-8-12-26(19-21)32(38)36-18-17-24-20-25(15-16-29(24)36)30-22(2)39-33(34-30)35-31(37)28-14-7-6-13-27(28)23-10-4-3-5-11-23/h3-16,19-20H,17-18H2,1-2H3,(H,34,35,37). The van der Waals surface area contributed by atoms with Gasteiger partial charge in [-0.2, -0.15) is 0 Å². The monoisotopic (exact) mass is 529 g/mol. The summed E-state index contributed by atoms with van der Waals surface area (Å²) in [6.45, 7) is 4.67. The average molecular weight is 530 g/mol. The highest BCUT2D eigenvalue weighted by molar-refractivity contribution is 7.16. The summed E-state index contributed by atoms with van der Waals surface area (Å²) in [5.41, 5.74) is 8.16. The lowest BCUT2D eigenvalue weighted by Crippen LogP contribution is -2.28. The Bertz CT molecular complexity index is 1710. The number of fused-ring (bicyclic) bond motifs is 1. The van der Waals surface area contributed by atoms with Crippen molar-refractivity contribution in [1.82, 2.24) is 4.98 Å². The van der Waals surface area contributed by atoms with Gasteiger partial charge in [0.2, 0.25) is 0 Å². The molecule has 0 atom stereocenters. The van der Waals surface area contributed by atoms with Crippen LogP contribution >= 0.6 is 11.3 Å². The molecule has 5 nitrogen and oxygen atoms in total. The van der Waals surface area contributed by atoms with Crippen LogP contribution in [0, 0.1) is 13.8 Å². The zero-order chi connectivity index (χ0) is 26.9. The Morgan fingerprint density at radius 3 is 2.46 bits per heavy atom. The van der Waals surface area contributed by atoms with Gasteiger partial charge >= 0.3 is 0 Å². The van der Waals surface area contributed by atoms with E-state index in [1.807, 2.05) is 110 Å². The first kappa shape index (κ1) is 24.8. The summed E-state index contributed by atoms with van der Waals surface area (Å²) < 4.78 is 0. The lowest BCUT2D eigenvalue weighted by atomic mass is 9.99. The van der Waals surface area contributed by atoms with E-state index in [2.05, 4.69) is 11.4 Å². The SMILES string of the molecule is Cc1cccc(C(=O)N2CCc3cc(-c4nc(NC(=O)c5ccccc5-c5ccccc5)sc4C)ccc32)c1. The quantitative estimate of drug-likeness (QED) is 0.256. The van der Waals surface area contributed by atoms with E-state index in [0.29, 0.717) is 22.8 Å². The van der Waals surface area contributed by atoms with E-state index in [1.54, 1.807) is 0 Å². The Hall–Kier alpha value is -4.55. The van der Waals surface area contributed by atoms with Crippen molar-refractivity contribution >= 4 is 34.0 Å². The van der Waals surface area contributed by atoms with E-state index in [0.717, 1.165) is 50.5 Å². The Kier molecular flexibility index (Phi) is 6.55. The van der Waals surface area contributed by atoms with Crippen molar-refractivity contribution in [2.24, 2.45) is 0 Å². The van der Waals surface area contributed by atoms with Gasteiger partial charge in [-0.15, -0.1) is 11.3 Å². The first-order valence-electron chi connectivity index (χ1n) is 12.9. The number of benzene rings is 4. The van der Waals surface area contributed by atoms with Gasteiger partial charge in [0, 0.05) is 33.8 Å². The minimum absolute atomic E-state index is 0.0239. The van der Waals surface area contributed by atoms with Crippen LogP contribution in [-0.4, -0.2) is 23.3 Å². The second kappa shape index (κ2) is 10.3. The van der Waals surface area contributed by atoms with E-state index in [-0.39, 0.29) is 11.8 Å². The van der Waals surface area contributed by atoms with Crippen LogP contribution in [0.3, 0.4) is 0 Å². The van der Waals surface area contributed by atoms with Crippen LogP contribution in [0.25, 0.3) is 22.4 Å². The van der Waals surface area contributed by atoms with Crippen molar-refractivity contribution in [1.29, 1.82) is 0 Å². The van der Waals surface area contributed by atoms with Gasteiger partial charge in [0.15, 0.2) is 5.13 Å². The van der Waals surface area contributed by atoms with E-state index in [1.165, 1.54) is 11.3 Å². The molecule has 0 radical (unpaired) electrons. The van der Waals surface area contributed by atoms with Crippen LogP contribution in [0.2, 0.25) is 0 Å². The zero-order valence-corrected chi connectivity index (χ0v) is 22.6. The molecule has 1 N–H and O–H groups in total. The van der Waals surface area contributed by atoms with Gasteiger partial charge < -0.3 is 4.90 Å². The normalized spacial score (nSPS) is 12.3. The first-order chi connectivity index (χ1) is 19.0. The Morgan fingerprint density at radius 2 is 1.64 bits per heavy atom. The maximum atomic E-state index is 13.3. The molecule has 39 heavy (non-hydrogen) atoms. The summed E-state index contributed by atoms with van der Waals surface area (Å²) in [7, 11) is 0. The van der Waals surface area contributed by atoms with Crippen LogP contribution in [0.5, 0.6) is 0 Å². The minimum Gasteiger partial charge on any atom is -0.308 e. The van der Waals surface area contributed by atoms with Crippen molar-refractivity contribution in [3.63, 3.8) is 0 Å². The topological polar surface area (TPSA) is 62.3 Å². The molecule has 0 spiro atoms. The van der Waals surface area contributed by atoms with Crippen LogP contribution in [0.1, 0.15) is 36.7 Å². The molecule has 0 saturated heterocycles. The molecule has 4 aromatic carbocycles. The average Bonchev–Trinajstić information content (AvgIpc) is 3.55. The number of hydrogen-bond acceptors (Lipinski definition) is 4. The van der Waals surface area contributed by atoms with Gasteiger partial charge in [-0.3, -0.25) is 14.9 Å². The molecular weight excluding hydrogens is 502 g/mol. The van der Waals surface area contributed by atoms with Gasteiger partial charge in [-0.1, -0.05) is 72.3 Å². The molecule has 5 aromatic rings. The van der Waals surface area contributed by atoms with Gasteiger partial charge in [0.1, 0.15) is 0 Å². The van der Waals surface area contributed by atoms with Crippen LogP contribution in [-0.2, 0) is 6.42 Å². The molecule has 0 bridgehead atoms. The molecule has 1 aromatic heterocycles. The highest BCUT2D eigenvalue weighted by atomic mass is 32.1. The number of carbonyl (C=O) groups is 2. The molecule has 0 saturated carbocycles.